The molecule has 0 spiro atoms. The maximum atomic E-state index is 12.2. The molecule has 1 aromatic rings. The Bertz CT molecular complexity index is 553. The molecule has 0 saturated carbocycles. The molecule has 1 rings (SSSR count). The van der Waals surface area contributed by atoms with Crippen molar-refractivity contribution in [2.24, 2.45) is 5.92 Å². The average Bonchev–Trinajstić information content (AvgIpc) is 2.92. The van der Waals surface area contributed by atoms with Crippen molar-refractivity contribution in [2.45, 2.75) is 50.3 Å². The van der Waals surface area contributed by atoms with Crippen molar-refractivity contribution in [1.82, 2.24) is 9.62 Å². The van der Waals surface area contributed by atoms with Crippen LogP contribution in [0.4, 0.5) is 0 Å². The molecular formula is C15H26N2O3S2. The average molecular weight is 347 g/mol. The maximum Gasteiger partial charge on any atom is 0.252 e. The third kappa shape index (κ3) is 6.06. The number of amides is 1. The summed E-state index contributed by atoms with van der Waals surface area (Å²) in [6, 6.07) is 3.29. The van der Waals surface area contributed by atoms with E-state index in [9.17, 15) is 13.2 Å². The Hall–Kier alpha value is -0.920. The van der Waals surface area contributed by atoms with Gasteiger partial charge in [0.25, 0.3) is 10.0 Å². The van der Waals surface area contributed by atoms with E-state index in [1.807, 2.05) is 6.92 Å². The van der Waals surface area contributed by atoms with Gasteiger partial charge in [0.05, 0.1) is 6.54 Å². The summed E-state index contributed by atoms with van der Waals surface area (Å²) in [5.41, 5.74) is 0. The maximum absolute atomic E-state index is 12.2. The molecule has 0 saturated heterocycles. The molecule has 0 fully saturated rings. The zero-order valence-electron chi connectivity index (χ0n) is 13.7. The number of hydrogen-bond donors (Lipinski definition) is 1. The summed E-state index contributed by atoms with van der Waals surface area (Å²) >= 11 is 1.15. The third-order valence-electron chi connectivity index (χ3n) is 3.35. The van der Waals surface area contributed by atoms with Crippen LogP contribution in [0.25, 0.3) is 0 Å². The number of sulfonamides is 1. The van der Waals surface area contributed by atoms with Crippen molar-refractivity contribution in [2.75, 3.05) is 13.6 Å². The first kappa shape index (κ1) is 19.1. The van der Waals surface area contributed by atoms with Crippen LogP contribution in [0.2, 0.25) is 0 Å². The van der Waals surface area contributed by atoms with Crippen LogP contribution in [0.5, 0.6) is 0 Å². The van der Waals surface area contributed by atoms with Crippen molar-refractivity contribution >= 4 is 27.3 Å². The number of thiophene rings is 1. The number of hydrogen-bond acceptors (Lipinski definition) is 4. The Kier molecular flexibility index (Phi) is 7.52. The summed E-state index contributed by atoms with van der Waals surface area (Å²) in [5.74, 6) is 0.393. The second-order valence-electron chi connectivity index (χ2n) is 5.99. The molecule has 1 unspecified atom stereocenters. The normalized spacial score (nSPS) is 13.5. The lowest BCUT2D eigenvalue weighted by molar-refractivity contribution is -0.121. The number of carbonyl (C=O) groups excluding carboxylic acids is 1. The van der Waals surface area contributed by atoms with Crippen LogP contribution < -0.4 is 5.32 Å². The Morgan fingerprint density at radius 2 is 2.00 bits per heavy atom. The number of nitrogens with one attached hydrogen (secondary N) is 1. The number of nitrogens with zero attached hydrogens (tertiary/aromatic N) is 1. The summed E-state index contributed by atoms with van der Waals surface area (Å²) in [7, 11) is -2.14. The molecule has 0 aliphatic heterocycles. The van der Waals surface area contributed by atoms with Gasteiger partial charge in [0, 0.05) is 13.1 Å². The van der Waals surface area contributed by atoms with Crippen LogP contribution in [0.15, 0.2) is 21.7 Å². The second-order valence-corrected chi connectivity index (χ2v) is 9.21. The lowest BCUT2D eigenvalue weighted by Gasteiger charge is -2.18. The standard InChI is InChI=1S/C15H26N2O3S2/c1-12(2)7-5-8-13(3)16-14(18)11-17(4)22(19,20)15-9-6-10-21-15/h6,9-10,12-13H,5,7-8,11H2,1-4H3,(H,16,18). The van der Waals surface area contributed by atoms with Crippen molar-refractivity contribution in [3.8, 4) is 0 Å². The molecule has 0 bridgehead atoms. The van der Waals surface area contributed by atoms with Gasteiger partial charge < -0.3 is 5.32 Å². The van der Waals surface area contributed by atoms with Gasteiger partial charge in [-0.2, -0.15) is 4.31 Å². The van der Waals surface area contributed by atoms with Gasteiger partial charge in [-0.3, -0.25) is 4.79 Å². The predicted octanol–water partition coefficient (Wildman–Crippen LogP) is 2.70. The molecule has 1 atom stereocenters. The zero-order chi connectivity index (χ0) is 16.8. The highest BCUT2D eigenvalue weighted by atomic mass is 32.2. The van der Waals surface area contributed by atoms with Crippen molar-refractivity contribution in [3.63, 3.8) is 0 Å². The predicted molar refractivity (Wildman–Crippen MR) is 90.4 cm³/mol. The third-order valence-corrected chi connectivity index (χ3v) is 6.53. The van der Waals surface area contributed by atoms with E-state index in [1.165, 1.54) is 7.05 Å². The van der Waals surface area contributed by atoms with Crippen molar-refractivity contribution in [1.29, 1.82) is 0 Å². The Morgan fingerprint density at radius 1 is 1.32 bits per heavy atom. The molecule has 0 aromatic carbocycles. The van der Waals surface area contributed by atoms with E-state index in [1.54, 1.807) is 17.5 Å². The highest BCUT2D eigenvalue weighted by Crippen LogP contribution is 2.19. The first-order valence-electron chi connectivity index (χ1n) is 7.52. The monoisotopic (exact) mass is 346 g/mol. The van der Waals surface area contributed by atoms with Gasteiger partial charge in [0.1, 0.15) is 4.21 Å². The molecule has 1 N–H and O–H groups in total. The van der Waals surface area contributed by atoms with Crippen LogP contribution >= 0.6 is 11.3 Å². The van der Waals surface area contributed by atoms with Crippen LogP contribution in [0.1, 0.15) is 40.0 Å². The van der Waals surface area contributed by atoms with E-state index < -0.39 is 10.0 Å². The summed E-state index contributed by atoms with van der Waals surface area (Å²) in [5, 5.41) is 4.57. The van der Waals surface area contributed by atoms with E-state index in [0.717, 1.165) is 34.9 Å². The van der Waals surface area contributed by atoms with Crippen LogP contribution in [-0.2, 0) is 14.8 Å². The van der Waals surface area contributed by atoms with Gasteiger partial charge in [0.15, 0.2) is 0 Å². The SMILES string of the molecule is CC(C)CCCC(C)NC(=O)CN(C)S(=O)(=O)c1cccs1. The van der Waals surface area contributed by atoms with Crippen molar-refractivity contribution < 1.29 is 13.2 Å². The fourth-order valence-electron chi connectivity index (χ4n) is 2.08. The molecule has 5 nitrogen and oxygen atoms in total. The molecular weight excluding hydrogens is 320 g/mol. The van der Waals surface area contributed by atoms with Gasteiger partial charge in [-0.05, 0) is 30.7 Å². The van der Waals surface area contributed by atoms with Crippen molar-refractivity contribution in [3.05, 3.63) is 17.5 Å². The molecule has 0 aliphatic carbocycles. The Morgan fingerprint density at radius 3 is 2.55 bits per heavy atom. The summed E-state index contributed by atoms with van der Waals surface area (Å²) < 4.78 is 25.8. The van der Waals surface area contributed by atoms with E-state index in [4.69, 9.17) is 0 Å². The minimum absolute atomic E-state index is 0.0593. The first-order valence-corrected chi connectivity index (χ1v) is 9.84. The molecule has 0 radical (unpaired) electrons. The number of likely N-dealkylation sites (N-methyl/N-ethyl adjacent to an activating group) is 1. The van der Waals surface area contributed by atoms with Crippen LogP contribution in [0, 0.1) is 5.92 Å². The van der Waals surface area contributed by atoms with Gasteiger partial charge in [-0.1, -0.05) is 32.8 Å². The molecule has 126 valence electrons. The van der Waals surface area contributed by atoms with E-state index in [-0.39, 0.29) is 22.7 Å². The highest BCUT2D eigenvalue weighted by Gasteiger charge is 2.24. The smallest absolute Gasteiger partial charge is 0.252 e. The lowest BCUT2D eigenvalue weighted by atomic mass is 10.0. The number of carbonyl (C=O) groups is 1. The second kappa shape index (κ2) is 8.64. The zero-order valence-corrected chi connectivity index (χ0v) is 15.3. The molecule has 1 aromatic heterocycles. The van der Waals surface area contributed by atoms with E-state index in [0.29, 0.717) is 5.92 Å². The Balaban J connectivity index is 2.44. The van der Waals surface area contributed by atoms with E-state index >= 15 is 0 Å². The van der Waals surface area contributed by atoms with Gasteiger partial charge in [0.2, 0.25) is 5.91 Å². The van der Waals surface area contributed by atoms with Crippen LogP contribution in [0.3, 0.4) is 0 Å². The molecule has 22 heavy (non-hydrogen) atoms. The molecule has 0 aliphatic rings. The summed E-state index contributed by atoms with van der Waals surface area (Å²) in [6.45, 7) is 6.14. The fourth-order valence-corrected chi connectivity index (χ4v) is 4.40. The summed E-state index contributed by atoms with van der Waals surface area (Å²) in [6.07, 6.45) is 3.10. The molecule has 1 heterocycles. The quantitative estimate of drug-likeness (QED) is 0.747. The Labute approximate surface area is 137 Å². The number of rotatable bonds is 9. The lowest BCUT2D eigenvalue weighted by Crippen LogP contribution is -2.41. The van der Waals surface area contributed by atoms with E-state index in [2.05, 4.69) is 19.2 Å². The minimum Gasteiger partial charge on any atom is -0.353 e. The molecule has 7 heteroatoms. The van der Waals surface area contributed by atoms with Crippen LogP contribution in [-0.4, -0.2) is 38.3 Å². The topological polar surface area (TPSA) is 66.5 Å². The fraction of sp³-hybridized carbons (Fsp3) is 0.667. The summed E-state index contributed by atoms with van der Waals surface area (Å²) in [4.78, 5) is 12.0. The van der Waals surface area contributed by atoms with Gasteiger partial charge in [-0.15, -0.1) is 11.3 Å². The molecule has 1 amide bonds. The highest BCUT2D eigenvalue weighted by molar-refractivity contribution is 7.91. The van der Waals surface area contributed by atoms with Gasteiger partial charge in [-0.25, -0.2) is 8.42 Å². The minimum atomic E-state index is -3.56. The largest absolute Gasteiger partial charge is 0.353 e. The van der Waals surface area contributed by atoms with Gasteiger partial charge >= 0.3 is 0 Å². The first-order chi connectivity index (χ1) is 10.2.